The maximum absolute atomic E-state index is 13.3. The van der Waals surface area contributed by atoms with Crippen LogP contribution in [0, 0.1) is 0 Å². The van der Waals surface area contributed by atoms with Crippen LogP contribution in [0.3, 0.4) is 0 Å². The number of hydrogen-bond donors (Lipinski definition) is 2. The number of unbranched alkanes of at least 4 members (excludes halogenated alkanes) is 32. The van der Waals surface area contributed by atoms with Gasteiger partial charge in [-0.15, -0.1) is 0 Å². The highest BCUT2D eigenvalue weighted by Crippen LogP contribution is 2.22. The summed E-state index contributed by atoms with van der Waals surface area (Å²) < 4.78 is 6.24. The Morgan fingerprint density at radius 2 is 0.722 bits per heavy atom. The minimum atomic E-state index is -0.102. The van der Waals surface area contributed by atoms with Gasteiger partial charge in [0, 0.05) is 18.7 Å². The van der Waals surface area contributed by atoms with Crippen LogP contribution in [0.25, 0.3) is 0 Å². The topological polar surface area (TPSA) is 67.4 Å². The highest BCUT2D eigenvalue weighted by atomic mass is 16.5. The highest BCUT2D eigenvalue weighted by molar-refractivity contribution is 6.00. The molecule has 0 aliphatic heterocycles. The molecule has 2 amide bonds. The van der Waals surface area contributed by atoms with Crippen LogP contribution in [-0.2, 0) is 0 Å². The summed E-state index contributed by atoms with van der Waals surface area (Å²) >= 11 is 0. The Balaban J connectivity index is 2.43. The first-order valence-electron chi connectivity index (χ1n) is 24.0. The van der Waals surface area contributed by atoms with E-state index in [2.05, 4.69) is 31.4 Å². The van der Waals surface area contributed by atoms with E-state index in [1.165, 1.54) is 186 Å². The summed E-state index contributed by atoms with van der Waals surface area (Å²) in [7, 11) is 0. The number of rotatable bonds is 41. The molecule has 5 nitrogen and oxygen atoms in total. The average molecular weight is 755 g/mol. The third-order valence-corrected chi connectivity index (χ3v) is 11.1. The first-order valence-corrected chi connectivity index (χ1v) is 24.0. The molecule has 0 saturated carbocycles. The molecule has 5 heteroatoms. The largest absolute Gasteiger partial charge is 0.493 e. The summed E-state index contributed by atoms with van der Waals surface area (Å²) in [6, 6.07) is 5.35. The molecule has 0 spiro atoms. The Kier molecular flexibility index (Phi) is 36.3. The van der Waals surface area contributed by atoms with Crippen molar-refractivity contribution in [1.29, 1.82) is 0 Å². The van der Waals surface area contributed by atoms with E-state index in [1.54, 1.807) is 18.2 Å². The minimum absolute atomic E-state index is 0.0833. The average Bonchev–Trinajstić information content (AvgIpc) is 3.18. The predicted molar refractivity (Wildman–Crippen MR) is 235 cm³/mol. The van der Waals surface area contributed by atoms with Crippen molar-refractivity contribution < 1.29 is 14.3 Å². The summed E-state index contributed by atoms with van der Waals surface area (Å²) in [6.45, 7) is 8.75. The van der Waals surface area contributed by atoms with Crippen LogP contribution in [0.5, 0.6) is 5.75 Å². The second-order valence-electron chi connectivity index (χ2n) is 16.4. The molecular formula is C49H90N2O3. The molecule has 1 aromatic rings. The van der Waals surface area contributed by atoms with Crippen molar-refractivity contribution in [2.75, 3.05) is 19.7 Å². The van der Waals surface area contributed by atoms with Gasteiger partial charge in [-0.25, -0.2) is 0 Å². The fraction of sp³-hybridized carbons (Fsp3) is 0.837. The van der Waals surface area contributed by atoms with E-state index >= 15 is 0 Å². The van der Waals surface area contributed by atoms with E-state index < -0.39 is 0 Å². The van der Waals surface area contributed by atoms with E-state index in [1.807, 2.05) is 0 Å². The van der Waals surface area contributed by atoms with Crippen LogP contribution in [0.1, 0.15) is 266 Å². The van der Waals surface area contributed by atoms with Crippen molar-refractivity contribution in [3.8, 4) is 5.75 Å². The monoisotopic (exact) mass is 755 g/mol. The quantitative estimate of drug-likeness (QED) is 0.0654. The predicted octanol–water partition coefficient (Wildman–Crippen LogP) is 15.2. The summed E-state index contributed by atoms with van der Waals surface area (Å²) in [6.07, 6.45) is 45.5. The smallest absolute Gasteiger partial charge is 0.255 e. The third kappa shape index (κ3) is 30.2. The first kappa shape index (κ1) is 50.0. The van der Waals surface area contributed by atoms with Gasteiger partial charge in [0.05, 0.1) is 12.2 Å². The number of ether oxygens (including phenoxy) is 1. The second-order valence-corrected chi connectivity index (χ2v) is 16.4. The Morgan fingerprint density at radius 1 is 0.407 bits per heavy atom. The van der Waals surface area contributed by atoms with Crippen LogP contribution in [0.4, 0.5) is 0 Å². The second kappa shape index (κ2) is 39.2. The fourth-order valence-corrected chi connectivity index (χ4v) is 7.45. The Labute approximate surface area is 336 Å². The summed E-state index contributed by atoms with van der Waals surface area (Å²) in [5.41, 5.74) is 1.11. The van der Waals surface area contributed by atoms with E-state index in [4.69, 9.17) is 4.74 Å². The lowest BCUT2D eigenvalue weighted by Gasteiger charge is -2.14. The van der Waals surface area contributed by atoms with Crippen molar-refractivity contribution >= 4 is 11.8 Å². The molecule has 0 saturated heterocycles. The van der Waals surface area contributed by atoms with Crippen molar-refractivity contribution in [2.24, 2.45) is 0 Å². The number of nitrogens with one attached hydrogen (secondary N) is 2. The van der Waals surface area contributed by atoms with Gasteiger partial charge in [-0.2, -0.15) is 0 Å². The normalized spacial score (nSPS) is 11.2. The number of hydrogen-bond acceptors (Lipinski definition) is 3. The number of carbonyl (C=O) groups is 2. The molecule has 0 bridgehead atoms. The van der Waals surface area contributed by atoms with Crippen molar-refractivity contribution in [3.05, 3.63) is 29.3 Å². The molecule has 2 N–H and O–H groups in total. The Bertz CT molecular complexity index is 980. The summed E-state index contributed by atoms with van der Waals surface area (Å²) in [5.74, 6) is 0.349. The van der Waals surface area contributed by atoms with E-state index in [9.17, 15) is 9.59 Å². The lowest BCUT2D eigenvalue weighted by molar-refractivity contribution is 0.0937. The lowest BCUT2D eigenvalue weighted by Crippen LogP contribution is -2.26. The van der Waals surface area contributed by atoms with Gasteiger partial charge in [0.15, 0.2) is 0 Å². The van der Waals surface area contributed by atoms with Gasteiger partial charge in [0.25, 0.3) is 11.8 Å². The highest BCUT2D eigenvalue weighted by Gasteiger charge is 2.16. The van der Waals surface area contributed by atoms with Crippen LogP contribution >= 0.6 is 0 Å². The molecule has 0 unspecified atom stereocenters. The molecule has 0 fully saturated rings. The van der Waals surface area contributed by atoms with Crippen molar-refractivity contribution in [2.45, 2.75) is 245 Å². The van der Waals surface area contributed by atoms with Crippen LogP contribution in [0.2, 0.25) is 0 Å². The molecular weight excluding hydrogens is 665 g/mol. The maximum atomic E-state index is 13.3. The third-order valence-electron chi connectivity index (χ3n) is 11.1. The van der Waals surface area contributed by atoms with Crippen molar-refractivity contribution in [1.82, 2.24) is 10.6 Å². The van der Waals surface area contributed by atoms with E-state index in [-0.39, 0.29) is 11.8 Å². The summed E-state index contributed by atoms with van der Waals surface area (Å²) in [5, 5.41) is 6.23. The van der Waals surface area contributed by atoms with Crippen LogP contribution < -0.4 is 15.4 Å². The molecule has 0 heterocycles. The molecule has 1 aromatic carbocycles. The van der Waals surface area contributed by atoms with Crippen molar-refractivity contribution in [3.63, 3.8) is 0 Å². The molecule has 0 aromatic heterocycles. The Morgan fingerprint density at radius 3 is 1.09 bits per heavy atom. The van der Waals surface area contributed by atoms with Gasteiger partial charge in [-0.1, -0.05) is 226 Å². The van der Waals surface area contributed by atoms with Crippen LogP contribution in [0.15, 0.2) is 18.2 Å². The van der Waals surface area contributed by atoms with Gasteiger partial charge >= 0.3 is 0 Å². The zero-order valence-corrected chi connectivity index (χ0v) is 36.3. The molecule has 1 rings (SSSR count). The van der Waals surface area contributed by atoms with Gasteiger partial charge in [0.2, 0.25) is 0 Å². The Hall–Kier alpha value is -2.04. The first-order chi connectivity index (χ1) is 26.6. The number of benzene rings is 1. The molecule has 0 aliphatic rings. The zero-order chi connectivity index (χ0) is 39.0. The van der Waals surface area contributed by atoms with Gasteiger partial charge < -0.3 is 15.4 Å². The fourth-order valence-electron chi connectivity index (χ4n) is 7.45. The van der Waals surface area contributed by atoms with Gasteiger partial charge in [-0.05, 0) is 37.5 Å². The van der Waals surface area contributed by atoms with Gasteiger partial charge in [0.1, 0.15) is 5.75 Å². The number of amides is 2. The molecule has 0 aliphatic carbocycles. The molecule has 0 atom stereocenters. The molecule has 0 radical (unpaired) electrons. The standard InChI is InChI=1S/C49H90N2O3/c1-4-7-10-13-16-19-22-23-24-25-26-29-32-35-38-43-54-47-44-45(48(52)50-41-36-33-30-27-20-17-14-11-8-5-2)39-40-46(47)49(53)51-42-37-34-31-28-21-18-15-12-9-6-3/h39-40,44H,4-38,41-43H2,1-3H3,(H,50,52)(H,51,53). The maximum Gasteiger partial charge on any atom is 0.255 e. The SMILES string of the molecule is CCCCCCCCCCCCCCCCCOc1cc(C(=O)NCCCCCCCCCCCC)ccc1C(=O)NCCCCCCCCCCCC. The minimum Gasteiger partial charge on any atom is -0.493 e. The van der Waals surface area contributed by atoms with Gasteiger partial charge in [-0.3, -0.25) is 9.59 Å². The molecule has 54 heavy (non-hydrogen) atoms. The summed E-state index contributed by atoms with van der Waals surface area (Å²) in [4.78, 5) is 26.4. The lowest BCUT2D eigenvalue weighted by atomic mass is 10.0. The van der Waals surface area contributed by atoms with E-state index in [0.29, 0.717) is 36.6 Å². The van der Waals surface area contributed by atoms with E-state index in [0.717, 1.165) is 38.5 Å². The zero-order valence-electron chi connectivity index (χ0n) is 36.3. The molecule has 314 valence electrons. The van der Waals surface area contributed by atoms with Crippen LogP contribution in [-0.4, -0.2) is 31.5 Å². The number of carbonyl (C=O) groups excluding carboxylic acids is 2.